The molecule has 1 aromatic heterocycles. The number of thiazole rings is 1. The Morgan fingerprint density at radius 1 is 1.65 bits per heavy atom. The van der Waals surface area contributed by atoms with Crippen molar-refractivity contribution in [3.8, 4) is 0 Å². The molecule has 2 rings (SSSR count). The quantitative estimate of drug-likeness (QED) is 0.867. The summed E-state index contributed by atoms with van der Waals surface area (Å²) in [6, 6.07) is 0.467. The average molecular weight is 254 g/mol. The van der Waals surface area contributed by atoms with Crippen LogP contribution in [0.5, 0.6) is 0 Å². The van der Waals surface area contributed by atoms with Crippen LogP contribution in [0.3, 0.4) is 0 Å². The fraction of sp³-hybridized carbons (Fsp3) is 0.667. The normalized spacial score (nSPS) is 22.2. The zero-order valence-corrected chi connectivity index (χ0v) is 11.4. The lowest BCUT2D eigenvalue weighted by Gasteiger charge is -2.15. The lowest BCUT2D eigenvalue weighted by Crippen LogP contribution is -2.28. The van der Waals surface area contributed by atoms with Gasteiger partial charge in [0.15, 0.2) is 5.13 Å². The molecule has 1 unspecified atom stereocenters. The summed E-state index contributed by atoms with van der Waals surface area (Å²) in [4.78, 5) is 15.5. The number of anilines is 1. The van der Waals surface area contributed by atoms with E-state index in [0.717, 1.165) is 11.6 Å². The number of nitrogens with zero attached hydrogens (tertiary/aromatic N) is 1. The standard InChI is InChI=1S/C12H18N2O2S/c1-11(2)5-7(11)13-10-14-8(6-17-10)12(3,4)9(15)16/h6-7H,5H2,1-4H3,(H,13,14)(H,15,16). The summed E-state index contributed by atoms with van der Waals surface area (Å²) in [6.07, 6.45) is 1.14. The van der Waals surface area contributed by atoms with Crippen molar-refractivity contribution in [1.29, 1.82) is 0 Å². The molecule has 1 atom stereocenters. The van der Waals surface area contributed by atoms with Gasteiger partial charge >= 0.3 is 5.97 Å². The molecule has 0 saturated heterocycles. The number of nitrogens with one attached hydrogen (secondary N) is 1. The van der Waals surface area contributed by atoms with Gasteiger partial charge in [0.25, 0.3) is 0 Å². The van der Waals surface area contributed by atoms with Gasteiger partial charge in [-0.15, -0.1) is 11.3 Å². The maximum atomic E-state index is 11.1. The fourth-order valence-electron chi connectivity index (χ4n) is 1.60. The lowest BCUT2D eigenvalue weighted by atomic mass is 9.90. The van der Waals surface area contributed by atoms with Gasteiger partial charge in [0, 0.05) is 11.4 Å². The van der Waals surface area contributed by atoms with Crippen molar-refractivity contribution in [1.82, 2.24) is 4.98 Å². The first-order chi connectivity index (χ1) is 7.73. The van der Waals surface area contributed by atoms with Crippen LogP contribution in [0.1, 0.15) is 39.8 Å². The minimum atomic E-state index is -0.921. The largest absolute Gasteiger partial charge is 0.481 e. The van der Waals surface area contributed by atoms with Crippen molar-refractivity contribution in [2.75, 3.05) is 5.32 Å². The second-order valence-corrected chi connectivity index (χ2v) is 6.72. The van der Waals surface area contributed by atoms with Crippen molar-refractivity contribution >= 4 is 22.4 Å². The van der Waals surface area contributed by atoms with Crippen LogP contribution in [-0.4, -0.2) is 22.1 Å². The van der Waals surface area contributed by atoms with Crippen LogP contribution in [0.25, 0.3) is 0 Å². The van der Waals surface area contributed by atoms with Gasteiger partial charge in [0.05, 0.1) is 5.69 Å². The molecule has 0 bridgehead atoms. The van der Waals surface area contributed by atoms with Crippen LogP contribution >= 0.6 is 11.3 Å². The SMILES string of the molecule is CC(C)(C(=O)O)c1csc(NC2CC2(C)C)n1. The monoisotopic (exact) mass is 254 g/mol. The Morgan fingerprint density at radius 2 is 2.24 bits per heavy atom. The summed E-state index contributed by atoms with van der Waals surface area (Å²) in [5.74, 6) is -0.846. The van der Waals surface area contributed by atoms with Crippen molar-refractivity contribution in [2.45, 2.75) is 45.6 Å². The smallest absolute Gasteiger partial charge is 0.315 e. The van der Waals surface area contributed by atoms with E-state index in [-0.39, 0.29) is 0 Å². The van der Waals surface area contributed by atoms with Gasteiger partial charge in [-0.25, -0.2) is 4.98 Å². The molecular formula is C12H18N2O2S. The molecule has 1 aliphatic rings. The molecule has 94 valence electrons. The molecule has 1 heterocycles. The molecule has 1 saturated carbocycles. The maximum Gasteiger partial charge on any atom is 0.315 e. The highest BCUT2D eigenvalue weighted by Gasteiger charge is 2.46. The van der Waals surface area contributed by atoms with E-state index in [1.54, 1.807) is 13.8 Å². The lowest BCUT2D eigenvalue weighted by molar-refractivity contribution is -0.142. The van der Waals surface area contributed by atoms with E-state index >= 15 is 0 Å². The number of carboxylic acid groups (broad SMARTS) is 1. The van der Waals surface area contributed by atoms with Gasteiger partial charge in [-0.3, -0.25) is 4.79 Å². The second kappa shape index (κ2) is 3.70. The molecule has 2 N–H and O–H groups in total. The minimum absolute atomic E-state index is 0.341. The summed E-state index contributed by atoms with van der Waals surface area (Å²) < 4.78 is 0. The summed E-state index contributed by atoms with van der Waals surface area (Å²) in [7, 11) is 0. The molecule has 17 heavy (non-hydrogen) atoms. The average Bonchev–Trinajstić information content (AvgIpc) is 2.64. The number of hydrogen-bond acceptors (Lipinski definition) is 4. The zero-order chi connectivity index (χ0) is 12.8. The molecule has 5 heteroatoms. The summed E-state index contributed by atoms with van der Waals surface area (Å²) in [5, 5.41) is 15.1. The first-order valence-corrected chi connectivity index (χ1v) is 6.57. The molecule has 0 amide bonds. The van der Waals surface area contributed by atoms with Crippen LogP contribution in [-0.2, 0) is 10.2 Å². The van der Waals surface area contributed by atoms with Gasteiger partial charge in [-0.05, 0) is 25.7 Å². The van der Waals surface area contributed by atoms with Crippen molar-refractivity contribution in [3.05, 3.63) is 11.1 Å². The third-order valence-electron chi connectivity index (χ3n) is 3.49. The number of aliphatic carboxylic acids is 1. The van der Waals surface area contributed by atoms with E-state index < -0.39 is 11.4 Å². The van der Waals surface area contributed by atoms with Crippen LogP contribution in [0, 0.1) is 5.41 Å². The Morgan fingerprint density at radius 3 is 2.71 bits per heavy atom. The van der Waals surface area contributed by atoms with E-state index in [2.05, 4.69) is 24.1 Å². The first-order valence-electron chi connectivity index (χ1n) is 5.69. The number of carbonyl (C=O) groups is 1. The van der Waals surface area contributed by atoms with Crippen molar-refractivity contribution in [2.24, 2.45) is 5.41 Å². The molecule has 1 aromatic rings. The highest BCUT2D eigenvalue weighted by atomic mass is 32.1. The Hall–Kier alpha value is -1.10. The summed E-state index contributed by atoms with van der Waals surface area (Å²) >= 11 is 1.48. The van der Waals surface area contributed by atoms with E-state index in [0.29, 0.717) is 17.2 Å². The fourth-order valence-corrected chi connectivity index (χ4v) is 2.53. The number of aromatic nitrogens is 1. The third-order valence-corrected chi connectivity index (χ3v) is 4.26. The Labute approximate surface area is 105 Å². The predicted molar refractivity (Wildman–Crippen MR) is 68.6 cm³/mol. The molecule has 1 aliphatic carbocycles. The molecule has 0 radical (unpaired) electrons. The topological polar surface area (TPSA) is 62.2 Å². The summed E-state index contributed by atoms with van der Waals surface area (Å²) in [5.41, 5.74) is 0.0415. The highest BCUT2D eigenvalue weighted by Crippen LogP contribution is 2.47. The van der Waals surface area contributed by atoms with Crippen LogP contribution in [0.4, 0.5) is 5.13 Å². The van der Waals surface area contributed by atoms with Crippen LogP contribution < -0.4 is 5.32 Å². The second-order valence-electron chi connectivity index (χ2n) is 5.86. The third kappa shape index (κ3) is 2.29. The maximum absolute atomic E-state index is 11.1. The number of hydrogen-bond donors (Lipinski definition) is 2. The van der Waals surface area contributed by atoms with Crippen molar-refractivity contribution < 1.29 is 9.90 Å². The van der Waals surface area contributed by atoms with Gasteiger partial charge in [-0.1, -0.05) is 13.8 Å². The van der Waals surface area contributed by atoms with Gasteiger partial charge in [0.1, 0.15) is 5.41 Å². The van der Waals surface area contributed by atoms with Gasteiger partial charge in [0.2, 0.25) is 0 Å². The predicted octanol–water partition coefficient (Wildman–Crippen LogP) is 2.72. The van der Waals surface area contributed by atoms with Crippen LogP contribution in [0.2, 0.25) is 0 Å². The Kier molecular flexibility index (Phi) is 2.69. The number of carboxylic acids is 1. The molecular weight excluding hydrogens is 236 g/mol. The van der Waals surface area contributed by atoms with E-state index in [1.807, 2.05) is 5.38 Å². The molecule has 1 fully saturated rings. The molecule has 0 aromatic carbocycles. The van der Waals surface area contributed by atoms with Crippen LogP contribution in [0.15, 0.2) is 5.38 Å². The van der Waals surface area contributed by atoms with Gasteiger partial charge in [-0.2, -0.15) is 0 Å². The Bertz CT molecular complexity index is 451. The van der Waals surface area contributed by atoms with E-state index in [1.165, 1.54) is 11.3 Å². The molecule has 0 spiro atoms. The zero-order valence-electron chi connectivity index (χ0n) is 10.6. The highest BCUT2D eigenvalue weighted by molar-refractivity contribution is 7.13. The van der Waals surface area contributed by atoms with E-state index in [4.69, 9.17) is 5.11 Å². The van der Waals surface area contributed by atoms with Gasteiger partial charge < -0.3 is 10.4 Å². The first kappa shape index (κ1) is 12.4. The minimum Gasteiger partial charge on any atom is -0.481 e. The van der Waals surface area contributed by atoms with Crippen molar-refractivity contribution in [3.63, 3.8) is 0 Å². The Balaban J connectivity index is 2.09. The molecule has 4 nitrogen and oxygen atoms in total. The number of rotatable bonds is 4. The molecule has 0 aliphatic heterocycles. The summed E-state index contributed by atoms with van der Waals surface area (Å²) in [6.45, 7) is 7.77. The van der Waals surface area contributed by atoms with E-state index in [9.17, 15) is 4.79 Å².